The summed E-state index contributed by atoms with van der Waals surface area (Å²) in [5, 5.41) is 4.33. The molecular weight excluding hydrogens is 434 g/mol. The van der Waals surface area contributed by atoms with E-state index in [1.165, 1.54) is 17.3 Å². The fraction of sp³-hybridized carbons (Fsp3) is 0.300. The van der Waals surface area contributed by atoms with Gasteiger partial charge in [-0.1, -0.05) is 12.1 Å². The van der Waals surface area contributed by atoms with E-state index in [2.05, 4.69) is 27.0 Å². The maximum Gasteiger partial charge on any atom is 0.197 e. The van der Waals surface area contributed by atoms with Crippen LogP contribution in [0.25, 0.3) is 16.6 Å². The Labute approximate surface area is 187 Å². The van der Waals surface area contributed by atoms with Gasteiger partial charge in [-0.15, -0.1) is 0 Å². The van der Waals surface area contributed by atoms with Gasteiger partial charge in [0.15, 0.2) is 5.88 Å². The molecule has 0 spiro atoms. The van der Waals surface area contributed by atoms with Gasteiger partial charge in [0.05, 0.1) is 12.8 Å². The van der Waals surface area contributed by atoms with E-state index in [4.69, 9.17) is 4.74 Å². The fourth-order valence-electron chi connectivity index (χ4n) is 3.86. The van der Waals surface area contributed by atoms with E-state index >= 15 is 0 Å². The van der Waals surface area contributed by atoms with E-state index < -0.39 is 0 Å². The molecule has 1 N–H and O–H groups in total. The normalized spacial score (nSPS) is 14.5. The first-order valence-corrected chi connectivity index (χ1v) is 9.21. The molecule has 5 rings (SSSR count). The molecular formula is C20H19FN5OY-. The van der Waals surface area contributed by atoms with Crippen LogP contribution in [0.4, 0.5) is 15.8 Å². The van der Waals surface area contributed by atoms with Crippen molar-refractivity contribution >= 4 is 11.4 Å². The number of pyridine rings is 1. The number of ether oxygens (including phenoxy) is 1. The van der Waals surface area contributed by atoms with Crippen molar-refractivity contribution in [1.29, 1.82) is 0 Å². The van der Waals surface area contributed by atoms with Crippen molar-refractivity contribution in [2.45, 2.75) is 32.2 Å². The van der Waals surface area contributed by atoms with E-state index in [0.717, 1.165) is 43.5 Å². The van der Waals surface area contributed by atoms with Crippen LogP contribution in [0.1, 0.15) is 24.0 Å². The van der Waals surface area contributed by atoms with E-state index in [-0.39, 0.29) is 38.5 Å². The second-order valence-corrected chi connectivity index (χ2v) is 6.82. The van der Waals surface area contributed by atoms with Crippen molar-refractivity contribution in [1.82, 2.24) is 14.8 Å². The van der Waals surface area contributed by atoms with E-state index in [1.807, 2.05) is 10.7 Å². The van der Waals surface area contributed by atoms with Crippen LogP contribution in [-0.2, 0) is 52.1 Å². The van der Waals surface area contributed by atoms with Crippen LogP contribution < -0.4 is 10.2 Å². The minimum atomic E-state index is -0.343. The fourth-order valence-corrected chi connectivity index (χ4v) is 3.86. The molecule has 0 unspecified atom stereocenters. The average molecular weight is 453 g/mol. The molecule has 2 aromatic heterocycles. The van der Waals surface area contributed by atoms with Gasteiger partial charge in [-0.05, 0) is 42.1 Å². The molecule has 0 saturated carbocycles. The van der Waals surface area contributed by atoms with Gasteiger partial charge < -0.3 is 15.6 Å². The molecule has 1 aliphatic carbocycles. The predicted octanol–water partition coefficient (Wildman–Crippen LogP) is 4.39. The number of halogens is 1. The quantitative estimate of drug-likeness (QED) is 0.596. The third-order valence-corrected chi connectivity index (χ3v) is 5.16. The first kappa shape index (κ1) is 19.3. The molecule has 6 nitrogen and oxygen atoms in total. The first-order valence-electron chi connectivity index (χ1n) is 9.21. The second-order valence-electron chi connectivity index (χ2n) is 6.82. The Morgan fingerprint density at radius 1 is 1.11 bits per heavy atom. The second kappa shape index (κ2) is 8.17. The van der Waals surface area contributed by atoms with Gasteiger partial charge in [0.1, 0.15) is 5.82 Å². The topological polar surface area (TPSA) is 66.1 Å². The Bertz CT molecular complexity index is 1010. The molecule has 1 aromatic carbocycles. The van der Waals surface area contributed by atoms with Gasteiger partial charge in [0, 0.05) is 74.9 Å². The summed E-state index contributed by atoms with van der Waals surface area (Å²) in [5.41, 5.74) is 13.1. The van der Waals surface area contributed by atoms with E-state index in [1.54, 1.807) is 18.5 Å². The van der Waals surface area contributed by atoms with E-state index in [0.29, 0.717) is 23.7 Å². The molecule has 2 aliphatic rings. The Kier molecular flexibility index (Phi) is 5.64. The number of benzene rings is 1. The average Bonchev–Trinajstić information content (AvgIpc) is 3.34. The molecule has 3 aromatic rings. The van der Waals surface area contributed by atoms with Crippen LogP contribution >= 0.6 is 0 Å². The summed E-state index contributed by atoms with van der Waals surface area (Å²) in [5.74, 6) is 0.336. The molecule has 0 bridgehead atoms. The first-order chi connectivity index (χ1) is 13.3. The van der Waals surface area contributed by atoms with E-state index in [9.17, 15) is 4.39 Å². The largest absolute Gasteiger partial charge is 0.592 e. The summed E-state index contributed by atoms with van der Waals surface area (Å²) in [6.45, 7) is 1.50. The standard InChI is InChI=1S/C20H19FN5O.Y/c21-17-11-22-8-7-15(17)16-6-5-13-3-1-4-14(13)19(16)25-24-18-12-23-26-9-2-10-27-20(18)26;/h5-8,11-12,25H,1-4,9-10H2;/q-1;. The number of hydrogen-bond acceptors (Lipinski definition) is 4. The van der Waals surface area contributed by atoms with Gasteiger partial charge in [0.25, 0.3) is 0 Å². The summed E-state index contributed by atoms with van der Waals surface area (Å²) in [6.07, 6.45) is 8.58. The minimum absolute atomic E-state index is 0. The van der Waals surface area contributed by atoms with Crippen LogP contribution in [-0.4, -0.2) is 21.4 Å². The van der Waals surface area contributed by atoms with Crippen LogP contribution in [0, 0.1) is 5.82 Å². The zero-order chi connectivity index (χ0) is 18.2. The van der Waals surface area contributed by atoms with Gasteiger partial charge in [-0.2, -0.15) is 5.10 Å². The Morgan fingerprint density at radius 2 is 2.04 bits per heavy atom. The number of nitrogens with zero attached hydrogens (tertiary/aromatic N) is 4. The van der Waals surface area contributed by atoms with Crippen molar-refractivity contribution in [2.24, 2.45) is 0 Å². The number of aromatic nitrogens is 3. The van der Waals surface area contributed by atoms with Gasteiger partial charge in [-0.25, -0.2) is 9.07 Å². The Morgan fingerprint density at radius 3 is 2.93 bits per heavy atom. The molecule has 0 atom stereocenters. The maximum atomic E-state index is 14.4. The van der Waals surface area contributed by atoms with Crippen molar-refractivity contribution in [3.05, 3.63) is 59.2 Å². The smallest absolute Gasteiger partial charge is 0.197 e. The maximum absolute atomic E-state index is 14.4. The summed E-state index contributed by atoms with van der Waals surface area (Å²) in [6, 6.07) is 5.75. The Balaban J connectivity index is 0.00000192. The monoisotopic (exact) mass is 453 g/mol. The summed E-state index contributed by atoms with van der Waals surface area (Å²) >= 11 is 0. The minimum Gasteiger partial charge on any atom is -0.592 e. The third-order valence-electron chi connectivity index (χ3n) is 5.16. The number of fused-ring (bicyclic) bond motifs is 2. The molecule has 0 saturated heterocycles. The molecule has 3 heterocycles. The van der Waals surface area contributed by atoms with Crippen LogP contribution in [0.15, 0.2) is 36.8 Å². The molecule has 0 fully saturated rings. The molecule has 141 valence electrons. The van der Waals surface area contributed by atoms with Gasteiger partial charge in [-0.3, -0.25) is 4.98 Å². The van der Waals surface area contributed by atoms with Crippen LogP contribution in [0.5, 0.6) is 5.88 Å². The zero-order valence-electron chi connectivity index (χ0n) is 15.4. The molecule has 8 heteroatoms. The van der Waals surface area contributed by atoms with Crippen molar-refractivity contribution < 1.29 is 41.8 Å². The zero-order valence-corrected chi connectivity index (χ0v) is 18.2. The number of nitrogens with one attached hydrogen (secondary N) is 1. The number of rotatable bonds is 4. The molecule has 0 amide bonds. The van der Waals surface area contributed by atoms with Crippen LogP contribution in [0.3, 0.4) is 0 Å². The number of anilines is 1. The van der Waals surface area contributed by atoms with Crippen LogP contribution in [0.2, 0.25) is 0 Å². The molecule has 1 radical (unpaired) electrons. The summed E-state index contributed by atoms with van der Waals surface area (Å²) in [4.78, 5) is 3.86. The molecule has 1 aliphatic heterocycles. The third kappa shape index (κ3) is 3.42. The number of aryl methyl sites for hydroxylation is 2. The number of hydrogen-bond donors (Lipinski definition) is 1. The Hall–Kier alpha value is -1.99. The predicted molar refractivity (Wildman–Crippen MR) is 101 cm³/mol. The van der Waals surface area contributed by atoms with Gasteiger partial charge >= 0.3 is 0 Å². The van der Waals surface area contributed by atoms with Crippen molar-refractivity contribution in [3.63, 3.8) is 0 Å². The molecule has 28 heavy (non-hydrogen) atoms. The summed E-state index contributed by atoms with van der Waals surface area (Å²) in [7, 11) is 0. The van der Waals surface area contributed by atoms with Crippen molar-refractivity contribution in [3.8, 4) is 17.0 Å². The SMILES string of the molecule is Fc1cnccc1-c1ccc2c(c1N[N-]c1cnn3c1OCCC3)CCC2.[Y]. The summed E-state index contributed by atoms with van der Waals surface area (Å²) < 4.78 is 21.9. The van der Waals surface area contributed by atoms with Gasteiger partial charge in [0.2, 0.25) is 0 Å². The van der Waals surface area contributed by atoms with Crippen molar-refractivity contribution in [2.75, 3.05) is 12.0 Å².